The molecule has 0 saturated carbocycles. The molecule has 31 heavy (non-hydrogen) atoms. The minimum atomic E-state index is -0.734. The van der Waals surface area contributed by atoms with Gasteiger partial charge in [-0.2, -0.15) is 0 Å². The number of anilines is 3. The molecule has 0 radical (unpaired) electrons. The molecular formula is C23H23N5O3. The van der Waals surface area contributed by atoms with E-state index < -0.39 is 6.10 Å². The SMILES string of the molecule is O=C(Nc1cc(N2CCN(c3ccccc3)CC2)ncn1)C1COc2ccccc2O1. The van der Waals surface area contributed by atoms with Gasteiger partial charge in [0, 0.05) is 37.9 Å². The van der Waals surface area contributed by atoms with Crippen molar-refractivity contribution in [3.8, 4) is 11.5 Å². The molecule has 1 saturated heterocycles. The fourth-order valence-electron chi connectivity index (χ4n) is 3.78. The first-order valence-corrected chi connectivity index (χ1v) is 10.3. The van der Waals surface area contributed by atoms with Crippen molar-refractivity contribution in [1.29, 1.82) is 0 Å². The van der Waals surface area contributed by atoms with Crippen LogP contribution in [0.3, 0.4) is 0 Å². The molecule has 3 aromatic rings. The van der Waals surface area contributed by atoms with Crippen LogP contribution in [-0.2, 0) is 4.79 Å². The molecule has 2 aliphatic heterocycles. The van der Waals surface area contributed by atoms with Gasteiger partial charge < -0.3 is 24.6 Å². The topological polar surface area (TPSA) is 79.8 Å². The average Bonchev–Trinajstić information content (AvgIpc) is 2.84. The van der Waals surface area contributed by atoms with Crippen molar-refractivity contribution in [2.24, 2.45) is 0 Å². The highest BCUT2D eigenvalue weighted by Crippen LogP contribution is 2.31. The van der Waals surface area contributed by atoms with Crippen molar-refractivity contribution < 1.29 is 14.3 Å². The van der Waals surface area contributed by atoms with E-state index >= 15 is 0 Å². The van der Waals surface area contributed by atoms with Gasteiger partial charge in [0.25, 0.3) is 5.91 Å². The Morgan fingerprint density at radius 3 is 2.42 bits per heavy atom. The Bertz CT molecular complexity index is 1050. The number of hydrogen-bond donors (Lipinski definition) is 1. The molecular weight excluding hydrogens is 394 g/mol. The summed E-state index contributed by atoms with van der Waals surface area (Å²) in [4.78, 5) is 25.8. The molecule has 1 aromatic heterocycles. The predicted molar refractivity (Wildman–Crippen MR) is 118 cm³/mol. The molecule has 0 spiro atoms. The van der Waals surface area contributed by atoms with Crippen molar-refractivity contribution in [1.82, 2.24) is 9.97 Å². The van der Waals surface area contributed by atoms with E-state index in [1.165, 1.54) is 12.0 Å². The molecule has 1 atom stereocenters. The third-order valence-corrected chi connectivity index (χ3v) is 5.43. The summed E-state index contributed by atoms with van der Waals surface area (Å²) in [5, 5.41) is 2.82. The number of benzene rings is 2. The number of hydrogen-bond acceptors (Lipinski definition) is 7. The second kappa shape index (κ2) is 8.51. The normalized spacial score (nSPS) is 17.9. The Morgan fingerprint density at radius 1 is 0.903 bits per heavy atom. The molecule has 1 unspecified atom stereocenters. The lowest BCUT2D eigenvalue weighted by Crippen LogP contribution is -2.46. The monoisotopic (exact) mass is 417 g/mol. The van der Waals surface area contributed by atoms with Gasteiger partial charge in [0.2, 0.25) is 6.10 Å². The Balaban J connectivity index is 1.20. The number of rotatable bonds is 4. The van der Waals surface area contributed by atoms with Gasteiger partial charge in [-0.3, -0.25) is 4.79 Å². The minimum Gasteiger partial charge on any atom is -0.485 e. The summed E-state index contributed by atoms with van der Waals surface area (Å²) in [6, 6.07) is 19.5. The van der Waals surface area contributed by atoms with Crippen molar-refractivity contribution in [3.05, 3.63) is 67.0 Å². The second-order valence-corrected chi connectivity index (χ2v) is 7.42. The Morgan fingerprint density at radius 2 is 1.61 bits per heavy atom. The fraction of sp³-hybridized carbons (Fsp3) is 0.261. The van der Waals surface area contributed by atoms with Crippen LogP contribution in [0.2, 0.25) is 0 Å². The van der Waals surface area contributed by atoms with E-state index in [1.54, 1.807) is 12.1 Å². The Hall–Kier alpha value is -3.81. The maximum Gasteiger partial charge on any atom is 0.270 e. The third-order valence-electron chi connectivity index (χ3n) is 5.43. The number of aromatic nitrogens is 2. The highest BCUT2D eigenvalue weighted by Gasteiger charge is 2.28. The van der Waals surface area contributed by atoms with Crippen LogP contribution in [0.1, 0.15) is 0 Å². The molecule has 1 N–H and O–H groups in total. The van der Waals surface area contributed by atoms with Crippen LogP contribution in [0.4, 0.5) is 17.3 Å². The van der Waals surface area contributed by atoms with Crippen molar-refractivity contribution in [2.75, 3.05) is 47.9 Å². The molecule has 2 aliphatic rings. The highest BCUT2D eigenvalue weighted by molar-refractivity contribution is 5.94. The summed E-state index contributed by atoms with van der Waals surface area (Å²) < 4.78 is 11.4. The van der Waals surface area contributed by atoms with Crippen LogP contribution in [-0.4, -0.2) is 54.8 Å². The smallest absolute Gasteiger partial charge is 0.270 e. The molecule has 0 bridgehead atoms. The number of piperazine rings is 1. The molecule has 5 rings (SSSR count). The molecule has 2 aromatic carbocycles. The third kappa shape index (κ3) is 4.23. The van der Waals surface area contributed by atoms with E-state index in [1.807, 2.05) is 24.3 Å². The molecule has 8 nitrogen and oxygen atoms in total. The number of nitrogens with one attached hydrogen (secondary N) is 1. The molecule has 158 valence electrons. The van der Waals surface area contributed by atoms with Gasteiger partial charge in [0.05, 0.1) is 0 Å². The zero-order chi connectivity index (χ0) is 21.0. The molecule has 3 heterocycles. The van der Waals surface area contributed by atoms with Gasteiger partial charge in [-0.05, 0) is 24.3 Å². The zero-order valence-electron chi connectivity index (χ0n) is 17.0. The summed E-state index contributed by atoms with van der Waals surface area (Å²) in [6.45, 7) is 3.65. The standard InChI is InChI=1S/C23H23N5O3/c29-23(20-15-30-18-8-4-5-9-19(18)31-20)26-21-14-22(25-16-24-21)28-12-10-27(11-13-28)17-6-2-1-3-7-17/h1-9,14,16,20H,10-13,15H2,(H,24,25,26,29). The maximum absolute atomic E-state index is 12.7. The summed E-state index contributed by atoms with van der Waals surface area (Å²) in [5.41, 5.74) is 1.23. The Kier molecular flexibility index (Phi) is 5.26. The number of fused-ring (bicyclic) bond motifs is 1. The van der Waals surface area contributed by atoms with Crippen LogP contribution < -0.4 is 24.6 Å². The van der Waals surface area contributed by atoms with E-state index in [-0.39, 0.29) is 12.5 Å². The molecule has 8 heteroatoms. The van der Waals surface area contributed by atoms with E-state index in [0.717, 1.165) is 32.0 Å². The zero-order valence-corrected chi connectivity index (χ0v) is 17.0. The van der Waals surface area contributed by atoms with Crippen LogP contribution in [0, 0.1) is 0 Å². The number of para-hydroxylation sites is 3. The van der Waals surface area contributed by atoms with Gasteiger partial charge in [-0.25, -0.2) is 9.97 Å². The molecule has 0 aliphatic carbocycles. The summed E-state index contributed by atoms with van der Waals surface area (Å²) in [5.74, 6) is 2.15. The summed E-state index contributed by atoms with van der Waals surface area (Å²) in [6.07, 6.45) is 0.741. The summed E-state index contributed by atoms with van der Waals surface area (Å²) in [7, 11) is 0. The van der Waals surface area contributed by atoms with Crippen molar-refractivity contribution >= 4 is 23.2 Å². The fourth-order valence-corrected chi connectivity index (χ4v) is 3.78. The molecule has 1 amide bonds. The highest BCUT2D eigenvalue weighted by atomic mass is 16.6. The van der Waals surface area contributed by atoms with Gasteiger partial charge in [-0.15, -0.1) is 0 Å². The van der Waals surface area contributed by atoms with Crippen LogP contribution >= 0.6 is 0 Å². The van der Waals surface area contributed by atoms with Crippen molar-refractivity contribution in [2.45, 2.75) is 6.10 Å². The Labute approximate surface area is 180 Å². The van der Waals surface area contributed by atoms with E-state index in [9.17, 15) is 4.79 Å². The van der Waals surface area contributed by atoms with Gasteiger partial charge in [-0.1, -0.05) is 30.3 Å². The van der Waals surface area contributed by atoms with E-state index in [2.05, 4.69) is 49.4 Å². The van der Waals surface area contributed by atoms with Crippen LogP contribution in [0.15, 0.2) is 67.0 Å². The number of carbonyl (C=O) groups excluding carboxylic acids is 1. The predicted octanol–water partition coefficient (Wildman–Crippen LogP) is 2.58. The average molecular weight is 417 g/mol. The quantitative estimate of drug-likeness (QED) is 0.699. The van der Waals surface area contributed by atoms with E-state index in [0.29, 0.717) is 17.3 Å². The van der Waals surface area contributed by atoms with E-state index in [4.69, 9.17) is 9.47 Å². The van der Waals surface area contributed by atoms with Crippen LogP contribution in [0.5, 0.6) is 11.5 Å². The largest absolute Gasteiger partial charge is 0.485 e. The lowest BCUT2D eigenvalue weighted by molar-refractivity contribution is -0.125. The lowest BCUT2D eigenvalue weighted by Gasteiger charge is -2.36. The number of nitrogens with zero attached hydrogens (tertiary/aromatic N) is 4. The summed E-state index contributed by atoms with van der Waals surface area (Å²) >= 11 is 0. The van der Waals surface area contributed by atoms with Gasteiger partial charge in [0.15, 0.2) is 11.5 Å². The second-order valence-electron chi connectivity index (χ2n) is 7.42. The molecule has 1 fully saturated rings. The lowest BCUT2D eigenvalue weighted by atomic mass is 10.2. The number of amides is 1. The van der Waals surface area contributed by atoms with Gasteiger partial charge >= 0.3 is 0 Å². The van der Waals surface area contributed by atoms with Gasteiger partial charge in [0.1, 0.15) is 24.6 Å². The first-order chi connectivity index (χ1) is 15.3. The first kappa shape index (κ1) is 19.2. The van der Waals surface area contributed by atoms with Crippen LogP contribution in [0.25, 0.3) is 0 Å². The first-order valence-electron chi connectivity index (χ1n) is 10.3. The number of carbonyl (C=O) groups is 1. The number of ether oxygens (including phenoxy) is 2. The minimum absolute atomic E-state index is 0.155. The maximum atomic E-state index is 12.7. The van der Waals surface area contributed by atoms with Crippen molar-refractivity contribution in [3.63, 3.8) is 0 Å².